The number of hydrogen-bond acceptors (Lipinski definition) is 4. The van der Waals surface area contributed by atoms with Crippen molar-refractivity contribution >= 4 is 5.78 Å². The molecule has 3 rings (SSSR count). The molecule has 25 heavy (non-hydrogen) atoms. The molecule has 4 heteroatoms. The molecular formula is C21H25NO3. The van der Waals surface area contributed by atoms with Crippen molar-refractivity contribution in [3.05, 3.63) is 65.7 Å². The minimum absolute atomic E-state index is 0.00928. The van der Waals surface area contributed by atoms with E-state index in [0.29, 0.717) is 23.8 Å². The van der Waals surface area contributed by atoms with Crippen LogP contribution in [0.2, 0.25) is 0 Å². The van der Waals surface area contributed by atoms with Crippen LogP contribution in [0.3, 0.4) is 0 Å². The van der Waals surface area contributed by atoms with E-state index in [9.17, 15) is 9.90 Å². The summed E-state index contributed by atoms with van der Waals surface area (Å²) in [5.41, 5.74) is 1.99. The number of hydrogen-bond donors (Lipinski definition) is 1. The molecule has 1 fully saturated rings. The number of likely N-dealkylation sites (tertiary alicyclic amines) is 1. The average Bonchev–Trinajstić information content (AvgIpc) is 3.09. The molecule has 0 aliphatic carbocycles. The summed E-state index contributed by atoms with van der Waals surface area (Å²) in [5.74, 6) is 1.17. The van der Waals surface area contributed by atoms with E-state index in [0.717, 1.165) is 19.5 Å². The van der Waals surface area contributed by atoms with E-state index in [1.165, 1.54) is 12.5 Å². The predicted molar refractivity (Wildman–Crippen MR) is 98.2 cm³/mol. The molecule has 1 aliphatic heterocycles. The topological polar surface area (TPSA) is 49.8 Å². The Morgan fingerprint density at radius 2 is 2.04 bits per heavy atom. The molecular weight excluding hydrogens is 314 g/mol. The third-order valence-electron chi connectivity index (χ3n) is 4.70. The van der Waals surface area contributed by atoms with Crippen LogP contribution in [-0.4, -0.2) is 48.1 Å². The van der Waals surface area contributed by atoms with Crippen LogP contribution >= 0.6 is 0 Å². The second-order valence-corrected chi connectivity index (χ2v) is 6.70. The van der Waals surface area contributed by atoms with Crippen LogP contribution in [-0.2, 0) is 0 Å². The third kappa shape index (κ3) is 4.91. The van der Waals surface area contributed by atoms with Gasteiger partial charge in [-0.3, -0.25) is 4.79 Å². The lowest BCUT2D eigenvalue weighted by Crippen LogP contribution is -2.34. The molecule has 2 aromatic rings. The molecule has 0 unspecified atom stereocenters. The minimum atomic E-state index is -0.546. The minimum Gasteiger partial charge on any atom is -0.491 e. The summed E-state index contributed by atoms with van der Waals surface area (Å²) >= 11 is 0. The largest absolute Gasteiger partial charge is 0.491 e. The summed E-state index contributed by atoms with van der Waals surface area (Å²) < 4.78 is 5.65. The van der Waals surface area contributed by atoms with Crippen molar-refractivity contribution in [3.63, 3.8) is 0 Å². The van der Waals surface area contributed by atoms with Gasteiger partial charge in [-0.25, -0.2) is 0 Å². The van der Waals surface area contributed by atoms with E-state index < -0.39 is 6.10 Å². The monoisotopic (exact) mass is 339 g/mol. The molecule has 1 aliphatic rings. The Bertz CT molecular complexity index is 701. The fourth-order valence-electron chi connectivity index (χ4n) is 3.34. The first kappa shape index (κ1) is 17.6. The zero-order chi connectivity index (χ0) is 17.6. The molecule has 4 nitrogen and oxygen atoms in total. The summed E-state index contributed by atoms with van der Waals surface area (Å²) in [6.07, 6.45) is 0.577. The van der Waals surface area contributed by atoms with Gasteiger partial charge in [0, 0.05) is 18.7 Å². The van der Waals surface area contributed by atoms with Crippen molar-refractivity contribution in [2.75, 3.05) is 26.2 Å². The van der Waals surface area contributed by atoms with Crippen LogP contribution in [0.25, 0.3) is 0 Å². The lowest BCUT2D eigenvalue weighted by molar-refractivity contribution is 0.0754. The van der Waals surface area contributed by atoms with Gasteiger partial charge in [-0.05, 0) is 43.5 Å². The molecule has 0 bridgehead atoms. The zero-order valence-electron chi connectivity index (χ0n) is 14.6. The van der Waals surface area contributed by atoms with Gasteiger partial charge in [0.2, 0.25) is 0 Å². The highest BCUT2D eigenvalue weighted by molar-refractivity contribution is 5.94. The Kier molecular flexibility index (Phi) is 5.84. The van der Waals surface area contributed by atoms with Gasteiger partial charge in [-0.1, -0.05) is 42.5 Å². The standard InChI is InChI=1S/C21H25NO3/c1-16(23)18-8-5-9-21(12-18)25-15-20(24)14-22-11-10-19(13-22)17-6-3-2-4-7-17/h2-9,12,19-20,24H,10-11,13-15H2,1H3/t19-,20-/m1/s1. The molecule has 2 atom stereocenters. The van der Waals surface area contributed by atoms with Crippen LogP contribution in [0.15, 0.2) is 54.6 Å². The smallest absolute Gasteiger partial charge is 0.159 e. The lowest BCUT2D eigenvalue weighted by atomic mass is 9.99. The maximum absolute atomic E-state index is 11.4. The van der Waals surface area contributed by atoms with E-state index in [-0.39, 0.29) is 12.4 Å². The van der Waals surface area contributed by atoms with Crippen molar-refractivity contribution < 1.29 is 14.6 Å². The number of nitrogens with zero attached hydrogens (tertiary/aromatic N) is 1. The molecule has 0 radical (unpaired) electrons. The Balaban J connectivity index is 1.46. The number of carbonyl (C=O) groups excluding carboxylic acids is 1. The Hall–Kier alpha value is -2.17. The lowest BCUT2D eigenvalue weighted by Gasteiger charge is -2.20. The van der Waals surface area contributed by atoms with Gasteiger partial charge in [0.05, 0.1) is 0 Å². The first-order valence-electron chi connectivity index (χ1n) is 8.81. The van der Waals surface area contributed by atoms with Crippen molar-refractivity contribution in [1.29, 1.82) is 0 Å². The number of ether oxygens (including phenoxy) is 1. The maximum Gasteiger partial charge on any atom is 0.159 e. The van der Waals surface area contributed by atoms with Gasteiger partial charge in [0.25, 0.3) is 0 Å². The number of Topliss-reactive ketones (excluding diaryl/α,β-unsaturated/α-hetero) is 1. The fourth-order valence-corrected chi connectivity index (χ4v) is 3.34. The Morgan fingerprint density at radius 1 is 1.24 bits per heavy atom. The van der Waals surface area contributed by atoms with Crippen LogP contribution in [0.1, 0.15) is 35.2 Å². The highest BCUT2D eigenvalue weighted by Crippen LogP contribution is 2.26. The van der Waals surface area contributed by atoms with E-state index in [2.05, 4.69) is 29.2 Å². The molecule has 1 N–H and O–H groups in total. The van der Waals surface area contributed by atoms with Crippen LogP contribution in [0.4, 0.5) is 0 Å². The van der Waals surface area contributed by atoms with Crippen LogP contribution in [0.5, 0.6) is 5.75 Å². The van der Waals surface area contributed by atoms with E-state index >= 15 is 0 Å². The van der Waals surface area contributed by atoms with Gasteiger partial charge in [-0.15, -0.1) is 0 Å². The third-order valence-corrected chi connectivity index (χ3v) is 4.70. The first-order valence-corrected chi connectivity index (χ1v) is 8.81. The molecule has 1 saturated heterocycles. The van der Waals surface area contributed by atoms with E-state index in [1.54, 1.807) is 24.3 Å². The maximum atomic E-state index is 11.4. The summed E-state index contributed by atoms with van der Waals surface area (Å²) in [7, 11) is 0. The van der Waals surface area contributed by atoms with Gasteiger partial charge >= 0.3 is 0 Å². The fraction of sp³-hybridized carbons (Fsp3) is 0.381. The number of ketones is 1. The van der Waals surface area contributed by atoms with Gasteiger partial charge < -0.3 is 14.7 Å². The predicted octanol–water partition coefficient (Wildman–Crippen LogP) is 3.12. The van der Waals surface area contributed by atoms with Crippen LogP contribution in [0, 0.1) is 0 Å². The quantitative estimate of drug-likeness (QED) is 0.788. The van der Waals surface area contributed by atoms with Crippen molar-refractivity contribution in [3.8, 4) is 5.75 Å². The molecule has 0 amide bonds. The average molecular weight is 339 g/mol. The van der Waals surface area contributed by atoms with Crippen molar-refractivity contribution in [1.82, 2.24) is 4.90 Å². The summed E-state index contributed by atoms with van der Waals surface area (Å²) in [6, 6.07) is 17.6. The molecule has 1 heterocycles. The Morgan fingerprint density at radius 3 is 2.80 bits per heavy atom. The normalized spacial score (nSPS) is 18.9. The molecule has 0 saturated carbocycles. The zero-order valence-corrected chi connectivity index (χ0v) is 14.6. The molecule has 132 valence electrons. The van der Waals surface area contributed by atoms with Crippen molar-refractivity contribution in [2.45, 2.75) is 25.4 Å². The van der Waals surface area contributed by atoms with E-state index in [1.807, 2.05) is 6.07 Å². The number of carbonyl (C=O) groups is 1. The van der Waals surface area contributed by atoms with Crippen LogP contribution < -0.4 is 4.74 Å². The number of benzene rings is 2. The number of aliphatic hydroxyl groups excluding tert-OH is 1. The summed E-state index contributed by atoms with van der Waals surface area (Å²) in [4.78, 5) is 13.7. The molecule has 0 aromatic heterocycles. The highest BCUT2D eigenvalue weighted by atomic mass is 16.5. The number of β-amino-alcohol motifs (C(OH)–C–C–N with tert-alkyl or cyclic N) is 1. The second kappa shape index (κ2) is 8.28. The molecule has 2 aromatic carbocycles. The SMILES string of the molecule is CC(=O)c1cccc(OC[C@H](O)CN2CC[C@@H](c3ccccc3)C2)c1. The van der Waals surface area contributed by atoms with Gasteiger partial charge in [-0.2, -0.15) is 0 Å². The number of rotatable bonds is 7. The van der Waals surface area contributed by atoms with Crippen molar-refractivity contribution in [2.24, 2.45) is 0 Å². The van der Waals surface area contributed by atoms with Gasteiger partial charge in [0.15, 0.2) is 5.78 Å². The highest BCUT2D eigenvalue weighted by Gasteiger charge is 2.25. The van der Waals surface area contributed by atoms with Gasteiger partial charge in [0.1, 0.15) is 18.5 Å². The summed E-state index contributed by atoms with van der Waals surface area (Å²) in [5, 5.41) is 10.3. The second-order valence-electron chi connectivity index (χ2n) is 6.70. The Labute approximate surface area is 149 Å². The number of aliphatic hydroxyl groups is 1. The molecule has 0 spiro atoms. The summed E-state index contributed by atoms with van der Waals surface area (Å²) in [6.45, 7) is 4.34. The first-order chi connectivity index (χ1) is 12.1. The van der Waals surface area contributed by atoms with E-state index in [4.69, 9.17) is 4.74 Å².